The largest absolute Gasteiger partial charge is 0.371 e. The average Bonchev–Trinajstić information content (AvgIpc) is 2.58. The van der Waals surface area contributed by atoms with Crippen molar-refractivity contribution >= 4 is 0 Å². The van der Waals surface area contributed by atoms with Gasteiger partial charge in [0.05, 0.1) is 24.4 Å². The number of ether oxygens (including phenoxy) is 2. The van der Waals surface area contributed by atoms with Gasteiger partial charge in [-0.15, -0.1) is 0 Å². The molecule has 1 heterocycles. The number of rotatable bonds is 8. The average molecular weight is 342 g/mol. The quantitative estimate of drug-likeness (QED) is 0.696. The summed E-state index contributed by atoms with van der Waals surface area (Å²) in [6, 6.07) is 10.2. The number of aromatic nitrogens is 2. The zero-order valence-electron chi connectivity index (χ0n) is 16.1. The minimum absolute atomic E-state index is 0.154. The molecule has 0 N–H and O–H groups in total. The molecule has 0 saturated heterocycles. The molecule has 0 spiro atoms. The summed E-state index contributed by atoms with van der Waals surface area (Å²) in [6.45, 7) is 11.5. The Morgan fingerprint density at radius 3 is 2.00 bits per heavy atom. The van der Waals surface area contributed by atoms with E-state index < -0.39 is 0 Å². The molecule has 0 saturated carbocycles. The van der Waals surface area contributed by atoms with Crippen LogP contribution in [0.15, 0.2) is 42.7 Å². The first-order chi connectivity index (χ1) is 11.7. The molecule has 0 bridgehead atoms. The van der Waals surface area contributed by atoms with E-state index in [-0.39, 0.29) is 11.2 Å². The molecule has 25 heavy (non-hydrogen) atoms. The predicted molar refractivity (Wildman–Crippen MR) is 100 cm³/mol. The summed E-state index contributed by atoms with van der Waals surface area (Å²) in [7, 11) is 0. The van der Waals surface area contributed by atoms with Crippen LogP contribution in [0, 0.1) is 0 Å². The van der Waals surface area contributed by atoms with Crippen LogP contribution in [0.4, 0.5) is 0 Å². The Morgan fingerprint density at radius 2 is 1.40 bits per heavy atom. The first-order valence-electron chi connectivity index (χ1n) is 8.85. The van der Waals surface area contributed by atoms with Gasteiger partial charge >= 0.3 is 0 Å². The van der Waals surface area contributed by atoms with Crippen molar-refractivity contribution in [3.63, 3.8) is 0 Å². The Labute approximate surface area is 151 Å². The van der Waals surface area contributed by atoms with E-state index in [2.05, 4.69) is 35.9 Å². The van der Waals surface area contributed by atoms with E-state index in [9.17, 15) is 0 Å². The van der Waals surface area contributed by atoms with Crippen molar-refractivity contribution in [3.8, 4) is 0 Å². The highest BCUT2D eigenvalue weighted by Crippen LogP contribution is 2.19. The van der Waals surface area contributed by atoms with E-state index in [0.717, 1.165) is 24.2 Å². The molecule has 1 aromatic carbocycles. The van der Waals surface area contributed by atoms with Gasteiger partial charge in [0.1, 0.15) is 5.82 Å². The number of hydrogen-bond donors (Lipinski definition) is 0. The number of nitrogens with zero attached hydrogens (tertiary/aromatic N) is 2. The smallest absolute Gasteiger partial charge is 0.128 e. The third kappa shape index (κ3) is 7.76. The maximum absolute atomic E-state index is 6.06. The second-order valence-electron chi connectivity index (χ2n) is 7.94. The molecule has 0 unspecified atom stereocenters. The van der Waals surface area contributed by atoms with Crippen molar-refractivity contribution in [2.75, 3.05) is 0 Å². The van der Waals surface area contributed by atoms with Gasteiger partial charge in [0.2, 0.25) is 0 Å². The van der Waals surface area contributed by atoms with Gasteiger partial charge in [-0.3, -0.25) is 0 Å². The minimum atomic E-state index is -0.215. The zero-order chi connectivity index (χ0) is 18.3. The Bertz CT molecular complexity index is 631. The summed E-state index contributed by atoms with van der Waals surface area (Å²) in [6.07, 6.45) is 5.37. The summed E-state index contributed by atoms with van der Waals surface area (Å²) in [5.74, 6) is 0.843. The lowest BCUT2D eigenvalue weighted by Gasteiger charge is -2.25. The first kappa shape index (κ1) is 19.5. The Morgan fingerprint density at radius 1 is 0.800 bits per heavy atom. The van der Waals surface area contributed by atoms with Crippen LogP contribution in [0.1, 0.15) is 58.0 Å². The van der Waals surface area contributed by atoms with Gasteiger partial charge in [-0.25, -0.2) is 9.97 Å². The normalized spacial score (nSPS) is 12.4. The van der Waals surface area contributed by atoms with E-state index in [4.69, 9.17) is 9.47 Å². The molecule has 0 radical (unpaired) electrons. The fraction of sp³-hybridized carbons (Fsp3) is 0.524. The lowest BCUT2D eigenvalue weighted by Crippen LogP contribution is -2.25. The lowest BCUT2D eigenvalue weighted by atomic mass is 10.0. The molecule has 4 heteroatoms. The topological polar surface area (TPSA) is 44.2 Å². The summed E-state index contributed by atoms with van der Waals surface area (Å²) in [5, 5.41) is 0. The van der Waals surface area contributed by atoms with E-state index in [1.807, 2.05) is 51.4 Å². The fourth-order valence-electron chi connectivity index (χ4n) is 2.22. The molecule has 2 aromatic rings. The van der Waals surface area contributed by atoms with Crippen molar-refractivity contribution in [3.05, 3.63) is 59.7 Å². The maximum atomic E-state index is 6.06. The number of aryl methyl sites for hydroxylation is 1. The molecular formula is C21H30N2O2. The van der Waals surface area contributed by atoms with E-state index >= 15 is 0 Å². The summed E-state index contributed by atoms with van der Waals surface area (Å²) >= 11 is 0. The monoisotopic (exact) mass is 342 g/mol. The SMILES string of the molecule is CC(C)(C)OCc1cnc(CCC(C)(C)OCc2ccccc2)nc1. The van der Waals surface area contributed by atoms with Crippen LogP contribution in [0.3, 0.4) is 0 Å². The van der Waals surface area contributed by atoms with Crippen LogP contribution < -0.4 is 0 Å². The van der Waals surface area contributed by atoms with Gasteiger partial charge in [-0.1, -0.05) is 30.3 Å². The number of benzene rings is 1. The van der Waals surface area contributed by atoms with Crippen molar-refractivity contribution in [1.29, 1.82) is 0 Å². The van der Waals surface area contributed by atoms with Crippen LogP contribution in [0.2, 0.25) is 0 Å². The summed E-state index contributed by atoms with van der Waals surface area (Å²) in [5.41, 5.74) is 1.82. The van der Waals surface area contributed by atoms with Gasteiger partial charge in [0.25, 0.3) is 0 Å². The molecule has 0 fully saturated rings. The van der Waals surface area contributed by atoms with Crippen molar-refractivity contribution in [2.45, 2.75) is 71.9 Å². The van der Waals surface area contributed by atoms with Crippen LogP contribution >= 0.6 is 0 Å². The van der Waals surface area contributed by atoms with Crippen molar-refractivity contribution in [1.82, 2.24) is 9.97 Å². The van der Waals surface area contributed by atoms with E-state index in [1.54, 1.807) is 0 Å². The molecule has 0 amide bonds. The van der Waals surface area contributed by atoms with E-state index in [0.29, 0.717) is 13.2 Å². The summed E-state index contributed by atoms with van der Waals surface area (Å²) < 4.78 is 11.8. The maximum Gasteiger partial charge on any atom is 0.128 e. The van der Waals surface area contributed by atoms with Gasteiger partial charge < -0.3 is 9.47 Å². The Balaban J connectivity index is 1.79. The van der Waals surface area contributed by atoms with E-state index in [1.165, 1.54) is 5.56 Å². The molecule has 1 aromatic heterocycles. The minimum Gasteiger partial charge on any atom is -0.371 e. The highest BCUT2D eigenvalue weighted by atomic mass is 16.5. The molecule has 0 aliphatic carbocycles. The highest BCUT2D eigenvalue weighted by Gasteiger charge is 2.19. The van der Waals surface area contributed by atoms with Crippen molar-refractivity contribution in [2.24, 2.45) is 0 Å². The highest BCUT2D eigenvalue weighted by molar-refractivity contribution is 5.13. The predicted octanol–water partition coefficient (Wildman–Crippen LogP) is 4.72. The molecule has 2 rings (SSSR count). The molecule has 0 aliphatic rings. The second-order valence-corrected chi connectivity index (χ2v) is 7.94. The summed E-state index contributed by atoms with van der Waals surface area (Å²) in [4.78, 5) is 8.91. The third-order valence-corrected chi connectivity index (χ3v) is 3.85. The van der Waals surface area contributed by atoms with Gasteiger partial charge in [0, 0.05) is 24.4 Å². The molecule has 0 atom stereocenters. The zero-order valence-corrected chi connectivity index (χ0v) is 16.1. The second kappa shape index (κ2) is 8.54. The molecule has 0 aliphatic heterocycles. The van der Waals surface area contributed by atoms with Crippen LogP contribution in [0.25, 0.3) is 0 Å². The van der Waals surface area contributed by atoms with Gasteiger partial charge in [-0.05, 0) is 46.6 Å². The van der Waals surface area contributed by atoms with Crippen molar-refractivity contribution < 1.29 is 9.47 Å². The fourth-order valence-corrected chi connectivity index (χ4v) is 2.22. The Hall–Kier alpha value is -1.78. The first-order valence-corrected chi connectivity index (χ1v) is 8.85. The Kier molecular flexibility index (Phi) is 6.68. The van der Waals surface area contributed by atoms with Gasteiger partial charge in [-0.2, -0.15) is 0 Å². The van der Waals surface area contributed by atoms with Crippen LogP contribution in [0.5, 0.6) is 0 Å². The standard InChI is InChI=1S/C21H30N2O2/c1-20(2,3)24-16-18-13-22-19(23-14-18)11-12-21(4,5)25-15-17-9-7-6-8-10-17/h6-10,13-14H,11-12,15-16H2,1-5H3. The molecule has 4 nitrogen and oxygen atoms in total. The number of hydrogen-bond acceptors (Lipinski definition) is 4. The van der Waals surface area contributed by atoms with Gasteiger partial charge in [0.15, 0.2) is 0 Å². The third-order valence-electron chi connectivity index (χ3n) is 3.85. The molecular weight excluding hydrogens is 312 g/mol. The van der Waals surface area contributed by atoms with Crippen LogP contribution in [-0.4, -0.2) is 21.2 Å². The molecule has 136 valence electrons. The lowest BCUT2D eigenvalue weighted by molar-refractivity contribution is -0.0350. The van der Waals surface area contributed by atoms with Crippen LogP contribution in [-0.2, 0) is 29.1 Å².